The second-order valence-corrected chi connectivity index (χ2v) is 6.13. The Morgan fingerprint density at radius 1 is 0.688 bits per heavy atom. The molecule has 1 heteroatoms. The summed E-state index contributed by atoms with van der Waals surface area (Å²) in [5, 5.41) is 0. The van der Waals surface area contributed by atoms with Gasteiger partial charge in [-0.05, 0) is 37.1 Å². The molecule has 2 aliphatic rings. The molecule has 2 N–H and O–H groups in total. The molecular weight excluding hydrogens is 194 g/mol. The minimum absolute atomic E-state index is 0.851. The van der Waals surface area contributed by atoms with E-state index in [0.717, 1.165) is 24.3 Å². The molecule has 0 bridgehead atoms. The van der Waals surface area contributed by atoms with E-state index in [0.29, 0.717) is 0 Å². The third kappa shape index (κ3) is 3.48. The van der Waals surface area contributed by atoms with Crippen molar-refractivity contribution in [3.05, 3.63) is 0 Å². The standard InChI is InChI=1S/C15H29N/c16-12-15-10-6-2-5-9-14(15)11-13-7-3-1-4-8-13/h13-15H,1-12,16H2. The fraction of sp³-hybridized carbons (Fsp3) is 1.00. The molecule has 1 nitrogen and oxygen atoms in total. The van der Waals surface area contributed by atoms with Gasteiger partial charge in [0.05, 0.1) is 0 Å². The minimum atomic E-state index is 0.851. The third-order valence-corrected chi connectivity index (χ3v) is 4.98. The van der Waals surface area contributed by atoms with Gasteiger partial charge in [-0.1, -0.05) is 57.8 Å². The largest absolute Gasteiger partial charge is 0.330 e. The van der Waals surface area contributed by atoms with E-state index in [1.807, 2.05) is 0 Å². The molecule has 0 amide bonds. The van der Waals surface area contributed by atoms with Crippen molar-refractivity contribution in [1.82, 2.24) is 0 Å². The highest BCUT2D eigenvalue weighted by atomic mass is 14.6. The normalized spacial score (nSPS) is 33.6. The molecule has 0 aromatic rings. The Morgan fingerprint density at radius 2 is 1.25 bits per heavy atom. The second kappa shape index (κ2) is 6.64. The lowest BCUT2D eigenvalue weighted by Crippen LogP contribution is -2.25. The van der Waals surface area contributed by atoms with Crippen molar-refractivity contribution in [1.29, 1.82) is 0 Å². The average molecular weight is 223 g/mol. The molecule has 2 fully saturated rings. The van der Waals surface area contributed by atoms with E-state index in [9.17, 15) is 0 Å². The lowest BCUT2D eigenvalue weighted by molar-refractivity contribution is 0.222. The molecule has 0 aromatic carbocycles. The molecule has 16 heavy (non-hydrogen) atoms. The maximum Gasteiger partial charge on any atom is -0.00462 e. The van der Waals surface area contributed by atoms with Crippen LogP contribution in [0, 0.1) is 17.8 Å². The van der Waals surface area contributed by atoms with E-state index < -0.39 is 0 Å². The van der Waals surface area contributed by atoms with Crippen molar-refractivity contribution in [2.24, 2.45) is 23.5 Å². The maximum atomic E-state index is 5.97. The molecule has 94 valence electrons. The first-order valence-electron chi connectivity index (χ1n) is 7.60. The summed E-state index contributed by atoms with van der Waals surface area (Å²) in [4.78, 5) is 0. The lowest BCUT2D eigenvalue weighted by atomic mass is 9.76. The van der Waals surface area contributed by atoms with Crippen LogP contribution in [0.4, 0.5) is 0 Å². The van der Waals surface area contributed by atoms with E-state index in [1.54, 1.807) is 0 Å². The summed E-state index contributed by atoms with van der Waals surface area (Å²) in [5.74, 6) is 2.87. The Kier molecular flexibility index (Phi) is 5.15. The topological polar surface area (TPSA) is 26.0 Å². The lowest BCUT2D eigenvalue weighted by Gasteiger charge is -2.30. The van der Waals surface area contributed by atoms with Gasteiger partial charge in [0, 0.05) is 0 Å². The molecule has 0 aliphatic heterocycles. The zero-order valence-electron chi connectivity index (χ0n) is 10.8. The summed E-state index contributed by atoms with van der Waals surface area (Å²) in [7, 11) is 0. The van der Waals surface area contributed by atoms with Gasteiger partial charge in [0.25, 0.3) is 0 Å². The Labute approximate surface area is 101 Å². The van der Waals surface area contributed by atoms with E-state index in [2.05, 4.69) is 0 Å². The minimum Gasteiger partial charge on any atom is -0.330 e. The highest BCUT2D eigenvalue weighted by molar-refractivity contribution is 4.78. The van der Waals surface area contributed by atoms with Crippen LogP contribution in [0.25, 0.3) is 0 Å². The molecule has 2 aliphatic carbocycles. The van der Waals surface area contributed by atoms with Crippen molar-refractivity contribution < 1.29 is 0 Å². The summed E-state index contributed by atoms with van der Waals surface area (Å²) in [6.45, 7) is 0.942. The number of hydrogen-bond acceptors (Lipinski definition) is 1. The van der Waals surface area contributed by atoms with Gasteiger partial charge in [-0.15, -0.1) is 0 Å². The van der Waals surface area contributed by atoms with Crippen molar-refractivity contribution in [3.63, 3.8) is 0 Å². The summed E-state index contributed by atoms with van der Waals surface area (Å²) >= 11 is 0. The van der Waals surface area contributed by atoms with Gasteiger partial charge in [0.1, 0.15) is 0 Å². The first kappa shape index (κ1) is 12.4. The summed E-state index contributed by atoms with van der Waals surface area (Å²) < 4.78 is 0. The van der Waals surface area contributed by atoms with Gasteiger partial charge in [-0.25, -0.2) is 0 Å². The molecule has 2 atom stereocenters. The van der Waals surface area contributed by atoms with Crippen molar-refractivity contribution in [3.8, 4) is 0 Å². The van der Waals surface area contributed by atoms with Crippen molar-refractivity contribution in [2.75, 3.05) is 6.54 Å². The van der Waals surface area contributed by atoms with Gasteiger partial charge in [0.2, 0.25) is 0 Å². The Morgan fingerprint density at radius 3 is 1.88 bits per heavy atom. The fourth-order valence-corrected chi connectivity index (χ4v) is 3.93. The van der Waals surface area contributed by atoms with Gasteiger partial charge >= 0.3 is 0 Å². The SMILES string of the molecule is NCC1CCCCCC1CC1CCCCC1. The van der Waals surface area contributed by atoms with E-state index in [1.165, 1.54) is 70.6 Å². The van der Waals surface area contributed by atoms with Crippen LogP contribution in [0.15, 0.2) is 0 Å². The van der Waals surface area contributed by atoms with Gasteiger partial charge in [-0.3, -0.25) is 0 Å². The van der Waals surface area contributed by atoms with Crippen molar-refractivity contribution in [2.45, 2.75) is 70.6 Å². The highest BCUT2D eigenvalue weighted by Crippen LogP contribution is 2.37. The van der Waals surface area contributed by atoms with Gasteiger partial charge in [0.15, 0.2) is 0 Å². The smallest absolute Gasteiger partial charge is 0.00462 e. The molecular formula is C15H29N. The quantitative estimate of drug-likeness (QED) is 0.716. The van der Waals surface area contributed by atoms with Crippen LogP contribution in [-0.4, -0.2) is 6.54 Å². The Bertz CT molecular complexity index is 184. The molecule has 2 unspecified atom stereocenters. The molecule has 0 spiro atoms. The van der Waals surface area contributed by atoms with E-state index in [4.69, 9.17) is 5.73 Å². The molecule has 0 saturated heterocycles. The van der Waals surface area contributed by atoms with E-state index in [-0.39, 0.29) is 0 Å². The van der Waals surface area contributed by atoms with Crippen LogP contribution in [0.2, 0.25) is 0 Å². The van der Waals surface area contributed by atoms with Gasteiger partial charge in [-0.2, -0.15) is 0 Å². The first-order valence-corrected chi connectivity index (χ1v) is 7.60. The number of rotatable bonds is 3. The predicted octanol–water partition coefficient (Wildman–Crippen LogP) is 4.11. The highest BCUT2D eigenvalue weighted by Gasteiger charge is 2.26. The van der Waals surface area contributed by atoms with Crippen LogP contribution < -0.4 is 5.73 Å². The monoisotopic (exact) mass is 223 g/mol. The van der Waals surface area contributed by atoms with Crippen LogP contribution in [0.3, 0.4) is 0 Å². The first-order chi connectivity index (χ1) is 7.90. The maximum absolute atomic E-state index is 5.97. The molecule has 0 aromatic heterocycles. The summed E-state index contributed by atoms with van der Waals surface area (Å²) in [6.07, 6.45) is 16.2. The number of hydrogen-bond donors (Lipinski definition) is 1. The molecule has 0 heterocycles. The van der Waals surface area contributed by atoms with Crippen LogP contribution >= 0.6 is 0 Å². The second-order valence-electron chi connectivity index (χ2n) is 6.13. The summed E-state index contributed by atoms with van der Waals surface area (Å²) in [6, 6.07) is 0. The Balaban J connectivity index is 1.83. The molecule has 2 rings (SSSR count). The number of nitrogens with two attached hydrogens (primary N) is 1. The predicted molar refractivity (Wildman–Crippen MR) is 70.3 cm³/mol. The van der Waals surface area contributed by atoms with Crippen LogP contribution in [0.5, 0.6) is 0 Å². The van der Waals surface area contributed by atoms with Crippen LogP contribution in [-0.2, 0) is 0 Å². The van der Waals surface area contributed by atoms with Gasteiger partial charge < -0.3 is 5.73 Å². The average Bonchev–Trinajstić information content (AvgIpc) is 2.55. The van der Waals surface area contributed by atoms with E-state index >= 15 is 0 Å². The zero-order valence-corrected chi connectivity index (χ0v) is 10.8. The molecule has 2 saturated carbocycles. The zero-order chi connectivity index (χ0) is 11.2. The third-order valence-electron chi connectivity index (χ3n) is 4.98. The van der Waals surface area contributed by atoms with Crippen LogP contribution in [0.1, 0.15) is 70.6 Å². The van der Waals surface area contributed by atoms with Crippen molar-refractivity contribution >= 4 is 0 Å². The molecule has 0 radical (unpaired) electrons. The Hall–Kier alpha value is -0.0400. The fourth-order valence-electron chi connectivity index (χ4n) is 3.93. The summed E-state index contributed by atoms with van der Waals surface area (Å²) in [5.41, 5.74) is 5.97.